The monoisotopic (exact) mass is 217 g/mol. The average Bonchev–Trinajstić information content (AvgIpc) is 2.27. The van der Waals surface area contributed by atoms with Crippen LogP contribution in [0.1, 0.15) is 26.3 Å². The largest absolute Gasteiger partial charge is 0.497 e. The lowest BCUT2D eigenvalue weighted by Crippen LogP contribution is -2.23. The highest BCUT2D eigenvalue weighted by molar-refractivity contribution is 5.29. The lowest BCUT2D eigenvalue weighted by molar-refractivity contribution is 0.281. The maximum atomic E-state index is 8.97. The molecule has 0 saturated heterocycles. The van der Waals surface area contributed by atoms with Gasteiger partial charge in [0.15, 0.2) is 0 Å². The predicted molar refractivity (Wildman–Crippen MR) is 65.3 cm³/mol. The summed E-state index contributed by atoms with van der Waals surface area (Å²) in [6.07, 6.45) is 0.888. The zero-order chi connectivity index (χ0) is 12.2. The quantitative estimate of drug-likeness (QED) is 0.774. The Bertz CT molecular complexity index is 390. The minimum absolute atomic E-state index is 0.0128. The maximum absolute atomic E-state index is 8.97. The Morgan fingerprint density at radius 1 is 1.44 bits per heavy atom. The molecule has 0 saturated carbocycles. The number of hydrogen-bond acceptors (Lipinski definition) is 2. The van der Waals surface area contributed by atoms with Crippen LogP contribution in [0.25, 0.3) is 0 Å². The van der Waals surface area contributed by atoms with E-state index < -0.39 is 0 Å². The number of nitrogens with zero attached hydrogens (tertiary/aromatic N) is 1. The highest BCUT2D eigenvalue weighted by Crippen LogP contribution is 2.31. The van der Waals surface area contributed by atoms with Crippen molar-refractivity contribution >= 4 is 0 Å². The molecule has 0 fully saturated rings. The van der Waals surface area contributed by atoms with E-state index in [1.807, 2.05) is 25.1 Å². The topological polar surface area (TPSA) is 33.0 Å². The molecule has 0 aliphatic carbocycles. The summed E-state index contributed by atoms with van der Waals surface area (Å²) in [6, 6.07) is 10.4. The summed E-state index contributed by atoms with van der Waals surface area (Å²) >= 11 is 0. The fourth-order valence-corrected chi connectivity index (χ4v) is 1.64. The van der Waals surface area contributed by atoms with E-state index in [2.05, 4.69) is 26.0 Å². The first kappa shape index (κ1) is 12.6. The highest BCUT2D eigenvalue weighted by Gasteiger charge is 2.26. The van der Waals surface area contributed by atoms with E-state index in [0.29, 0.717) is 0 Å². The van der Waals surface area contributed by atoms with E-state index in [-0.39, 0.29) is 11.3 Å². The van der Waals surface area contributed by atoms with E-state index in [0.717, 1.165) is 12.2 Å². The standard InChI is InChI=1S/C14H19NO/c1-11(10-15)14(2,3)9-12-6-5-7-13(8-12)16-4/h5-8,11H,9H2,1-4H3. The second-order valence-electron chi connectivity index (χ2n) is 4.87. The third kappa shape index (κ3) is 3.00. The van der Waals surface area contributed by atoms with Crippen molar-refractivity contribution in [2.45, 2.75) is 27.2 Å². The fraction of sp³-hybridized carbons (Fsp3) is 0.500. The average molecular weight is 217 g/mol. The summed E-state index contributed by atoms with van der Waals surface area (Å²) in [6.45, 7) is 6.22. The van der Waals surface area contributed by atoms with Crippen molar-refractivity contribution in [2.75, 3.05) is 7.11 Å². The van der Waals surface area contributed by atoms with E-state index in [9.17, 15) is 0 Å². The first-order valence-electron chi connectivity index (χ1n) is 5.52. The second-order valence-corrected chi connectivity index (χ2v) is 4.87. The number of benzene rings is 1. The lowest BCUT2D eigenvalue weighted by Gasteiger charge is -2.27. The molecule has 0 heterocycles. The van der Waals surface area contributed by atoms with Gasteiger partial charge in [0, 0.05) is 5.92 Å². The van der Waals surface area contributed by atoms with Gasteiger partial charge in [0.1, 0.15) is 5.75 Å². The van der Waals surface area contributed by atoms with Crippen molar-refractivity contribution in [2.24, 2.45) is 11.3 Å². The van der Waals surface area contributed by atoms with Crippen LogP contribution in [-0.4, -0.2) is 7.11 Å². The minimum atomic E-state index is -0.0128. The molecule has 1 rings (SSSR count). The molecule has 2 heteroatoms. The fourth-order valence-electron chi connectivity index (χ4n) is 1.64. The number of rotatable bonds is 4. The van der Waals surface area contributed by atoms with Gasteiger partial charge in [-0.25, -0.2) is 0 Å². The first-order valence-corrected chi connectivity index (χ1v) is 5.52. The van der Waals surface area contributed by atoms with Crippen molar-refractivity contribution in [3.05, 3.63) is 29.8 Å². The van der Waals surface area contributed by atoms with Gasteiger partial charge < -0.3 is 4.74 Å². The molecule has 0 amide bonds. The van der Waals surface area contributed by atoms with Crippen molar-refractivity contribution < 1.29 is 4.74 Å². The molecule has 16 heavy (non-hydrogen) atoms. The van der Waals surface area contributed by atoms with E-state index in [4.69, 9.17) is 10.00 Å². The lowest BCUT2D eigenvalue weighted by atomic mass is 9.76. The van der Waals surface area contributed by atoms with Crippen molar-refractivity contribution in [3.63, 3.8) is 0 Å². The highest BCUT2D eigenvalue weighted by atomic mass is 16.5. The SMILES string of the molecule is COc1cccc(CC(C)(C)C(C)C#N)c1. The maximum Gasteiger partial charge on any atom is 0.119 e. The molecule has 1 atom stereocenters. The molecule has 0 spiro atoms. The molecule has 86 valence electrons. The van der Waals surface area contributed by atoms with E-state index in [1.54, 1.807) is 7.11 Å². The predicted octanol–water partition coefficient (Wildman–Crippen LogP) is 3.42. The molecule has 1 aromatic rings. The summed E-state index contributed by atoms with van der Waals surface area (Å²) < 4.78 is 5.19. The zero-order valence-corrected chi connectivity index (χ0v) is 10.4. The number of hydrogen-bond donors (Lipinski definition) is 0. The van der Waals surface area contributed by atoms with Crippen LogP contribution in [0.4, 0.5) is 0 Å². The van der Waals surface area contributed by atoms with E-state index in [1.165, 1.54) is 5.56 Å². The van der Waals surface area contributed by atoms with Crippen molar-refractivity contribution in [1.29, 1.82) is 5.26 Å². The van der Waals surface area contributed by atoms with Gasteiger partial charge in [-0.15, -0.1) is 0 Å². The molecule has 1 aromatic carbocycles. The molecule has 0 aromatic heterocycles. The summed E-state index contributed by atoms with van der Waals surface area (Å²) in [5, 5.41) is 8.97. The van der Waals surface area contributed by atoms with Gasteiger partial charge in [0.25, 0.3) is 0 Å². The van der Waals surface area contributed by atoms with Crippen LogP contribution in [0.15, 0.2) is 24.3 Å². The summed E-state index contributed by atoms with van der Waals surface area (Å²) in [7, 11) is 1.67. The van der Waals surface area contributed by atoms with E-state index >= 15 is 0 Å². The van der Waals surface area contributed by atoms with Crippen LogP contribution in [0.2, 0.25) is 0 Å². The third-order valence-corrected chi connectivity index (χ3v) is 3.16. The Labute approximate surface area is 97.9 Å². The van der Waals surface area contributed by atoms with Crippen LogP contribution < -0.4 is 4.74 Å². The van der Waals surface area contributed by atoms with Gasteiger partial charge in [-0.05, 0) is 36.5 Å². The number of ether oxygens (including phenoxy) is 1. The van der Waals surface area contributed by atoms with Crippen LogP contribution in [0.3, 0.4) is 0 Å². The van der Waals surface area contributed by atoms with Crippen LogP contribution in [0, 0.1) is 22.7 Å². The zero-order valence-electron chi connectivity index (χ0n) is 10.4. The molecule has 2 nitrogen and oxygen atoms in total. The Morgan fingerprint density at radius 3 is 2.69 bits per heavy atom. The minimum Gasteiger partial charge on any atom is -0.497 e. The third-order valence-electron chi connectivity index (χ3n) is 3.16. The van der Waals surface area contributed by atoms with Gasteiger partial charge in [-0.2, -0.15) is 5.26 Å². The Kier molecular flexibility index (Phi) is 3.95. The molecular formula is C14H19NO. The summed E-state index contributed by atoms with van der Waals surface area (Å²) in [5.74, 6) is 0.914. The Hall–Kier alpha value is -1.49. The smallest absolute Gasteiger partial charge is 0.119 e. The molecule has 0 aliphatic rings. The Balaban J connectivity index is 2.84. The van der Waals surface area contributed by atoms with Crippen LogP contribution in [-0.2, 0) is 6.42 Å². The van der Waals surface area contributed by atoms with Gasteiger partial charge in [0.05, 0.1) is 13.2 Å². The molecule has 1 unspecified atom stereocenters. The van der Waals surface area contributed by atoms with Crippen LogP contribution in [0.5, 0.6) is 5.75 Å². The molecule has 0 aliphatic heterocycles. The summed E-state index contributed by atoms with van der Waals surface area (Å²) in [4.78, 5) is 0. The van der Waals surface area contributed by atoms with Crippen LogP contribution >= 0.6 is 0 Å². The van der Waals surface area contributed by atoms with Gasteiger partial charge in [-0.3, -0.25) is 0 Å². The molecule has 0 bridgehead atoms. The Morgan fingerprint density at radius 2 is 2.12 bits per heavy atom. The van der Waals surface area contributed by atoms with Crippen molar-refractivity contribution in [3.8, 4) is 11.8 Å². The second kappa shape index (κ2) is 5.03. The van der Waals surface area contributed by atoms with Gasteiger partial charge in [0.2, 0.25) is 0 Å². The molecule has 0 N–H and O–H groups in total. The number of methoxy groups -OCH3 is 1. The molecule has 0 radical (unpaired) electrons. The normalized spacial score (nSPS) is 12.9. The number of nitriles is 1. The van der Waals surface area contributed by atoms with Gasteiger partial charge >= 0.3 is 0 Å². The van der Waals surface area contributed by atoms with Crippen molar-refractivity contribution in [1.82, 2.24) is 0 Å². The summed E-state index contributed by atoms with van der Waals surface area (Å²) in [5.41, 5.74) is 1.20. The first-order chi connectivity index (χ1) is 7.49. The molecular weight excluding hydrogens is 198 g/mol. The van der Waals surface area contributed by atoms with Gasteiger partial charge in [-0.1, -0.05) is 26.0 Å².